The zero-order valence-electron chi connectivity index (χ0n) is 13.4. The summed E-state index contributed by atoms with van der Waals surface area (Å²) in [6.45, 7) is 10.3. The summed E-state index contributed by atoms with van der Waals surface area (Å²) in [5.41, 5.74) is 0.829. The maximum atomic E-state index is 11.6. The SMILES string of the molecule is CC(C)Oc1ccc(CCNC(=O)NC(C)(C)C)cc1Cl. The number of carbonyl (C=O) groups is 1. The lowest BCUT2D eigenvalue weighted by molar-refractivity contribution is 0.232. The summed E-state index contributed by atoms with van der Waals surface area (Å²) >= 11 is 6.18. The topological polar surface area (TPSA) is 50.4 Å². The number of hydrogen-bond acceptors (Lipinski definition) is 2. The minimum atomic E-state index is -0.233. The highest BCUT2D eigenvalue weighted by atomic mass is 35.5. The fourth-order valence-electron chi connectivity index (χ4n) is 1.75. The first-order valence-corrected chi connectivity index (χ1v) is 7.56. The molecule has 0 saturated heterocycles. The molecule has 0 atom stereocenters. The van der Waals surface area contributed by atoms with Crippen LogP contribution in [0.2, 0.25) is 5.02 Å². The van der Waals surface area contributed by atoms with Crippen molar-refractivity contribution >= 4 is 17.6 Å². The molecule has 0 heterocycles. The summed E-state index contributed by atoms with van der Waals surface area (Å²) in [5.74, 6) is 0.689. The molecule has 1 aromatic carbocycles. The standard InChI is InChI=1S/C16H25ClN2O2/c1-11(2)21-14-7-6-12(10-13(14)17)8-9-18-15(20)19-16(3,4)5/h6-7,10-11H,8-9H2,1-5H3,(H2,18,19,20). The third kappa shape index (κ3) is 7.23. The van der Waals surface area contributed by atoms with E-state index in [1.807, 2.05) is 52.8 Å². The molecule has 0 radical (unpaired) electrons. The van der Waals surface area contributed by atoms with E-state index in [1.54, 1.807) is 0 Å². The Morgan fingerprint density at radius 2 is 2.00 bits per heavy atom. The van der Waals surface area contributed by atoms with Crippen LogP contribution >= 0.6 is 11.6 Å². The number of ether oxygens (including phenoxy) is 1. The normalized spacial score (nSPS) is 11.4. The zero-order chi connectivity index (χ0) is 16.0. The maximum Gasteiger partial charge on any atom is 0.315 e. The van der Waals surface area contributed by atoms with Gasteiger partial charge in [-0.15, -0.1) is 0 Å². The predicted molar refractivity (Wildman–Crippen MR) is 87.2 cm³/mol. The highest BCUT2D eigenvalue weighted by Crippen LogP contribution is 2.26. The van der Waals surface area contributed by atoms with Gasteiger partial charge in [-0.05, 0) is 58.7 Å². The van der Waals surface area contributed by atoms with Crippen LogP contribution in [0.15, 0.2) is 18.2 Å². The molecule has 0 aromatic heterocycles. The van der Waals surface area contributed by atoms with Gasteiger partial charge in [0.15, 0.2) is 0 Å². The molecule has 0 fully saturated rings. The van der Waals surface area contributed by atoms with Gasteiger partial charge in [-0.1, -0.05) is 17.7 Å². The van der Waals surface area contributed by atoms with Gasteiger partial charge >= 0.3 is 6.03 Å². The molecule has 2 amide bonds. The second-order valence-electron chi connectivity index (χ2n) is 6.31. The average molecular weight is 313 g/mol. The van der Waals surface area contributed by atoms with Crippen molar-refractivity contribution in [3.63, 3.8) is 0 Å². The average Bonchev–Trinajstić information content (AvgIpc) is 2.29. The summed E-state index contributed by atoms with van der Waals surface area (Å²) in [4.78, 5) is 11.6. The Morgan fingerprint density at radius 1 is 1.33 bits per heavy atom. The first kappa shape index (κ1) is 17.6. The lowest BCUT2D eigenvalue weighted by Gasteiger charge is -2.20. The third-order valence-electron chi connectivity index (χ3n) is 2.55. The molecule has 0 bridgehead atoms. The minimum absolute atomic E-state index is 0.0936. The number of hydrogen-bond donors (Lipinski definition) is 2. The van der Waals surface area contributed by atoms with Gasteiger partial charge < -0.3 is 15.4 Å². The Morgan fingerprint density at radius 3 is 2.52 bits per heavy atom. The lowest BCUT2D eigenvalue weighted by Crippen LogP contribution is -2.46. The molecule has 0 aliphatic rings. The summed E-state index contributed by atoms with van der Waals surface area (Å²) < 4.78 is 5.59. The van der Waals surface area contributed by atoms with Crippen LogP contribution < -0.4 is 15.4 Å². The summed E-state index contributed by atoms with van der Waals surface area (Å²) in [6.07, 6.45) is 0.815. The first-order valence-electron chi connectivity index (χ1n) is 7.18. The van der Waals surface area contributed by atoms with Crippen LogP contribution in [0.25, 0.3) is 0 Å². The molecule has 5 heteroatoms. The van der Waals surface area contributed by atoms with Crippen LogP contribution in [0.3, 0.4) is 0 Å². The Balaban J connectivity index is 2.46. The van der Waals surface area contributed by atoms with Crippen molar-refractivity contribution < 1.29 is 9.53 Å². The highest BCUT2D eigenvalue weighted by molar-refractivity contribution is 6.32. The number of rotatable bonds is 5. The molecule has 0 spiro atoms. The minimum Gasteiger partial charge on any atom is -0.489 e. The van der Waals surface area contributed by atoms with Gasteiger partial charge in [0.2, 0.25) is 0 Å². The Hall–Kier alpha value is -1.42. The fourth-order valence-corrected chi connectivity index (χ4v) is 2.00. The van der Waals surface area contributed by atoms with Crippen LogP contribution in [0, 0.1) is 0 Å². The zero-order valence-corrected chi connectivity index (χ0v) is 14.2. The number of urea groups is 1. The van der Waals surface area contributed by atoms with Crippen molar-refractivity contribution in [2.24, 2.45) is 0 Å². The van der Waals surface area contributed by atoms with E-state index in [1.165, 1.54) is 0 Å². The number of benzene rings is 1. The Kier molecular flexibility index (Phi) is 6.34. The Bertz CT molecular complexity index is 482. The van der Waals surface area contributed by atoms with Crippen molar-refractivity contribution in [3.8, 4) is 5.75 Å². The molecule has 1 aromatic rings. The number of nitrogens with one attached hydrogen (secondary N) is 2. The van der Waals surface area contributed by atoms with Crippen molar-refractivity contribution in [2.75, 3.05) is 6.54 Å². The van der Waals surface area contributed by atoms with Gasteiger partial charge in [-0.3, -0.25) is 0 Å². The van der Waals surface area contributed by atoms with Gasteiger partial charge in [0, 0.05) is 12.1 Å². The van der Waals surface area contributed by atoms with Crippen LogP contribution in [0.5, 0.6) is 5.75 Å². The van der Waals surface area contributed by atoms with Crippen molar-refractivity contribution in [2.45, 2.75) is 52.7 Å². The van der Waals surface area contributed by atoms with Crippen molar-refractivity contribution in [3.05, 3.63) is 28.8 Å². The van der Waals surface area contributed by atoms with E-state index >= 15 is 0 Å². The molecule has 2 N–H and O–H groups in total. The molecule has 118 valence electrons. The van der Waals surface area contributed by atoms with E-state index in [2.05, 4.69) is 10.6 Å². The predicted octanol–water partition coefficient (Wildman–Crippen LogP) is 3.77. The van der Waals surface area contributed by atoms with E-state index < -0.39 is 0 Å². The molecule has 4 nitrogen and oxygen atoms in total. The van der Waals surface area contributed by atoms with Gasteiger partial charge in [-0.2, -0.15) is 0 Å². The molecular weight excluding hydrogens is 288 g/mol. The van der Waals surface area contributed by atoms with E-state index in [9.17, 15) is 4.79 Å². The van der Waals surface area contributed by atoms with Gasteiger partial charge in [0.05, 0.1) is 11.1 Å². The maximum absolute atomic E-state index is 11.6. The molecular formula is C16H25ClN2O2. The lowest BCUT2D eigenvalue weighted by atomic mass is 10.1. The molecule has 1 rings (SSSR count). The van der Waals surface area contributed by atoms with Crippen LogP contribution in [0.1, 0.15) is 40.2 Å². The molecule has 0 aliphatic heterocycles. The molecule has 0 saturated carbocycles. The van der Waals surface area contributed by atoms with Crippen LogP contribution in [-0.2, 0) is 6.42 Å². The highest BCUT2D eigenvalue weighted by Gasteiger charge is 2.12. The summed E-state index contributed by atoms with van der Waals surface area (Å²) in [5, 5.41) is 6.28. The quantitative estimate of drug-likeness (QED) is 0.869. The fraction of sp³-hybridized carbons (Fsp3) is 0.562. The summed E-state index contributed by atoms with van der Waals surface area (Å²) in [6, 6.07) is 5.55. The molecule has 0 aliphatic carbocycles. The van der Waals surface area contributed by atoms with Gasteiger partial charge in [0.1, 0.15) is 5.75 Å². The monoisotopic (exact) mass is 312 g/mol. The number of carbonyl (C=O) groups excluding carboxylic acids is 1. The Labute approximate surface area is 132 Å². The van der Waals surface area contributed by atoms with Crippen molar-refractivity contribution in [1.29, 1.82) is 0 Å². The second kappa shape index (κ2) is 7.55. The van der Waals surface area contributed by atoms with Crippen LogP contribution in [-0.4, -0.2) is 24.2 Å². The van der Waals surface area contributed by atoms with E-state index in [0.717, 1.165) is 12.0 Å². The van der Waals surface area contributed by atoms with Gasteiger partial charge in [-0.25, -0.2) is 4.79 Å². The van der Waals surface area contributed by atoms with E-state index in [0.29, 0.717) is 17.3 Å². The number of amides is 2. The third-order valence-corrected chi connectivity index (χ3v) is 2.84. The smallest absolute Gasteiger partial charge is 0.315 e. The second-order valence-corrected chi connectivity index (χ2v) is 6.72. The first-order chi connectivity index (χ1) is 9.67. The van der Waals surface area contributed by atoms with Crippen LogP contribution in [0.4, 0.5) is 4.79 Å². The number of halogens is 1. The van der Waals surface area contributed by atoms with Crippen molar-refractivity contribution in [1.82, 2.24) is 10.6 Å². The van der Waals surface area contributed by atoms with E-state index in [-0.39, 0.29) is 17.7 Å². The van der Waals surface area contributed by atoms with Gasteiger partial charge in [0.25, 0.3) is 0 Å². The molecule has 0 unspecified atom stereocenters. The largest absolute Gasteiger partial charge is 0.489 e. The van der Waals surface area contributed by atoms with E-state index in [4.69, 9.17) is 16.3 Å². The summed E-state index contributed by atoms with van der Waals surface area (Å²) in [7, 11) is 0. The molecule has 21 heavy (non-hydrogen) atoms.